The normalized spacial score (nSPS) is 34.0. The fraction of sp³-hybridized carbons (Fsp3) is 0.923. The molecule has 1 unspecified atom stereocenters. The van der Waals surface area contributed by atoms with Crippen LogP contribution in [0.25, 0.3) is 0 Å². The summed E-state index contributed by atoms with van der Waals surface area (Å²) in [4.78, 5) is 14.2. The third-order valence-corrected chi connectivity index (χ3v) is 4.46. The van der Waals surface area contributed by atoms with Gasteiger partial charge in [0.05, 0.1) is 13.2 Å². The van der Waals surface area contributed by atoms with Crippen molar-refractivity contribution in [2.45, 2.75) is 38.9 Å². The van der Waals surface area contributed by atoms with Crippen molar-refractivity contribution in [3.8, 4) is 0 Å². The highest BCUT2D eigenvalue weighted by Crippen LogP contribution is 2.52. The zero-order valence-corrected chi connectivity index (χ0v) is 10.7. The number of amides is 1. The molecule has 0 aromatic carbocycles. The van der Waals surface area contributed by atoms with E-state index in [0.717, 1.165) is 32.4 Å². The van der Waals surface area contributed by atoms with E-state index >= 15 is 0 Å². The first-order valence-corrected chi connectivity index (χ1v) is 6.59. The number of rotatable bonds is 1. The quantitative estimate of drug-likeness (QED) is 0.694. The molecule has 0 bridgehead atoms. The number of carbonyl (C=O) groups excluding carboxylic acids is 1. The standard InChI is InChI=1S/C13H21NO3/c1-12(2)9-10(12)11(15)14-5-3-13(4-6-14)16-7-8-17-13/h10H,3-9H2,1-2H3. The van der Waals surface area contributed by atoms with E-state index in [1.54, 1.807) is 0 Å². The number of carbonyl (C=O) groups is 1. The van der Waals surface area contributed by atoms with Gasteiger partial charge in [0.15, 0.2) is 5.79 Å². The highest BCUT2D eigenvalue weighted by Gasteiger charge is 2.53. The van der Waals surface area contributed by atoms with Crippen LogP contribution in [0.2, 0.25) is 0 Å². The Bertz CT molecular complexity index is 324. The third kappa shape index (κ3) is 1.97. The second-order valence-corrected chi connectivity index (χ2v) is 6.18. The maximum atomic E-state index is 12.2. The van der Waals surface area contributed by atoms with Crippen LogP contribution in [0.3, 0.4) is 0 Å². The highest BCUT2D eigenvalue weighted by atomic mass is 16.7. The predicted octanol–water partition coefficient (Wildman–Crippen LogP) is 1.40. The van der Waals surface area contributed by atoms with E-state index in [-0.39, 0.29) is 17.1 Å². The SMILES string of the molecule is CC1(C)CC1C(=O)N1CCC2(CC1)OCCO2. The van der Waals surface area contributed by atoms with Gasteiger partial charge >= 0.3 is 0 Å². The Morgan fingerprint density at radius 1 is 1.18 bits per heavy atom. The minimum Gasteiger partial charge on any atom is -0.347 e. The zero-order chi connectivity index (χ0) is 12.1. The molecule has 0 aromatic heterocycles. The van der Waals surface area contributed by atoms with Crippen molar-refractivity contribution >= 4 is 5.91 Å². The van der Waals surface area contributed by atoms with Crippen molar-refractivity contribution in [1.82, 2.24) is 4.90 Å². The number of hydrogen-bond acceptors (Lipinski definition) is 3. The molecule has 2 heterocycles. The Labute approximate surface area is 102 Å². The number of hydrogen-bond donors (Lipinski definition) is 0. The van der Waals surface area contributed by atoms with Crippen LogP contribution in [0.1, 0.15) is 33.1 Å². The lowest BCUT2D eigenvalue weighted by molar-refractivity contribution is -0.187. The van der Waals surface area contributed by atoms with Gasteiger partial charge in [0.1, 0.15) is 0 Å². The Morgan fingerprint density at radius 3 is 2.18 bits per heavy atom. The molecule has 4 nitrogen and oxygen atoms in total. The molecule has 3 fully saturated rings. The molecule has 2 saturated heterocycles. The molecule has 17 heavy (non-hydrogen) atoms. The fourth-order valence-electron chi connectivity index (χ4n) is 2.96. The second kappa shape index (κ2) is 3.69. The molecule has 0 radical (unpaired) electrons. The molecule has 1 spiro atoms. The summed E-state index contributed by atoms with van der Waals surface area (Å²) < 4.78 is 11.3. The van der Waals surface area contributed by atoms with Gasteiger partial charge in [-0.3, -0.25) is 4.79 Å². The van der Waals surface area contributed by atoms with Crippen molar-refractivity contribution in [3.05, 3.63) is 0 Å². The molecule has 0 aromatic rings. The van der Waals surface area contributed by atoms with Crippen LogP contribution in [0.4, 0.5) is 0 Å². The van der Waals surface area contributed by atoms with Crippen molar-refractivity contribution in [1.29, 1.82) is 0 Å². The average molecular weight is 239 g/mol. The van der Waals surface area contributed by atoms with Gasteiger partial charge in [0.25, 0.3) is 0 Å². The van der Waals surface area contributed by atoms with Gasteiger partial charge < -0.3 is 14.4 Å². The van der Waals surface area contributed by atoms with Gasteiger partial charge in [-0.25, -0.2) is 0 Å². The van der Waals surface area contributed by atoms with Crippen LogP contribution < -0.4 is 0 Å². The summed E-state index contributed by atoms with van der Waals surface area (Å²) in [5.41, 5.74) is 0.229. The smallest absolute Gasteiger partial charge is 0.226 e. The molecule has 2 aliphatic heterocycles. The summed E-state index contributed by atoms with van der Waals surface area (Å²) in [6, 6.07) is 0. The van der Waals surface area contributed by atoms with Gasteiger partial charge in [-0.1, -0.05) is 13.8 Å². The minimum atomic E-state index is -0.365. The second-order valence-electron chi connectivity index (χ2n) is 6.18. The number of nitrogens with zero attached hydrogens (tertiary/aromatic N) is 1. The maximum Gasteiger partial charge on any atom is 0.226 e. The maximum absolute atomic E-state index is 12.2. The summed E-state index contributed by atoms with van der Waals surface area (Å²) in [6.45, 7) is 7.30. The number of piperidine rings is 1. The summed E-state index contributed by atoms with van der Waals surface area (Å²) in [6.07, 6.45) is 2.69. The Hall–Kier alpha value is -0.610. The monoisotopic (exact) mass is 239 g/mol. The molecule has 1 aliphatic carbocycles. The first-order valence-electron chi connectivity index (χ1n) is 6.59. The summed E-state index contributed by atoms with van der Waals surface area (Å²) >= 11 is 0. The summed E-state index contributed by atoms with van der Waals surface area (Å²) in [5.74, 6) is 0.223. The molecule has 3 rings (SSSR count). The van der Waals surface area contributed by atoms with Gasteiger partial charge in [0, 0.05) is 31.8 Å². The molecule has 4 heteroatoms. The Kier molecular flexibility index (Phi) is 2.49. The largest absolute Gasteiger partial charge is 0.347 e. The molecule has 0 N–H and O–H groups in total. The van der Waals surface area contributed by atoms with Crippen LogP contribution in [-0.4, -0.2) is 42.9 Å². The van der Waals surface area contributed by atoms with Crippen molar-refractivity contribution < 1.29 is 14.3 Å². The lowest BCUT2D eigenvalue weighted by Crippen LogP contribution is -2.48. The molecule has 1 atom stereocenters. The highest BCUT2D eigenvalue weighted by molar-refractivity contribution is 5.82. The fourth-order valence-corrected chi connectivity index (χ4v) is 2.96. The van der Waals surface area contributed by atoms with Crippen molar-refractivity contribution in [3.63, 3.8) is 0 Å². The van der Waals surface area contributed by atoms with Gasteiger partial charge in [-0.2, -0.15) is 0 Å². The Balaban J connectivity index is 1.56. The topological polar surface area (TPSA) is 38.8 Å². The van der Waals surface area contributed by atoms with Crippen LogP contribution in [0, 0.1) is 11.3 Å². The van der Waals surface area contributed by atoms with Crippen molar-refractivity contribution in [2.24, 2.45) is 11.3 Å². The van der Waals surface area contributed by atoms with Crippen molar-refractivity contribution in [2.75, 3.05) is 26.3 Å². The van der Waals surface area contributed by atoms with Gasteiger partial charge in [-0.15, -0.1) is 0 Å². The van der Waals surface area contributed by atoms with E-state index < -0.39 is 0 Å². The summed E-state index contributed by atoms with van der Waals surface area (Å²) in [5, 5.41) is 0. The third-order valence-electron chi connectivity index (χ3n) is 4.46. The lowest BCUT2D eigenvalue weighted by Gasteiger charge is -2.37. The van der Waals surface area contributed by atoms with Crippen LogP contribution in [0.15, 0.2) is 0 Å². The van der Waals surface area contributed by atoms with Crippen LogP contribution >= 0.6 is 0 Å². The predicted molar refractivity (Wildman–Crippen MR) is 62.3 cm³/mol. The molecule has 96 valence electrons. The van der Waals surface area contributed by atoms with Crippen LogP contribution in [0.5, 0.6) is 0 Å². The van der Waals surface area contributed by atoms with E-state index in [4.69, 9.17) is 9.47 Å². The molecular formula is C13H21NO3. The van der Waals surface area contributed by atoms with E-state index in [9.17, 15) is 4.79 Å². The van der Waals surface area contributed by atoms with E-state index in [1.165, 1.54) is 0 Å². The average Bonchev–Trinajstić information content (AvgIpc) is 2.73. The summed E-state index contributed by atoms with van der Waals surface area (Å²) in [7, 11) is 0. The first kappa shape index (κ1) is 11.5. The Morgan fingerprint density at radius 2 is 1.71 bits per heavy atom. The zero-order valence-electron chi connectivity index (χ0n) is 10.7. The van der Waals surface area contributed by atoms with E-state index in [2.05, 4.69) is 13.8 Å². The van der Waals surface area contributed by atoms with E-state index in [1.807, 2.05) is 4.90 Å². The number of ether oxygens (including phenoxy) is 2. The molecule has 3 aliphatic rings. The molecule has 1 amide bonds. The number of likely N-dealkylation sites (tertiary alicyclic amines) is 1. The molecule has 1 saturated carbocycles. The minimum absolute atomic E-state index is 0.229. The van der Waals surface area contributed by atoms with Gasteiger partial charge in [-0.05, 0) is 11.8 Å². The van der Waals surface area contributed by atoms with Gasteiger partial charge in [0.2, 0.25) is 5.91 Å². The lowest BCUT2D eigenvalue weighted by atomic mass is 10.0. The van der Waals surface area contributed by atoms with E-state index in [0.29, 0.717) is 19.1 Å². The first-order chi connectivity index (χ1) is 8.03. The van der Waals surface area contributed by atoms with Crippen LogP contribution in [-0.2, 0) is 14.3 Å². The molecular weight excluding hydrogens is 218 g/mol.